The molecule has 0 spiro atoms. The first-order valence-electron chi connectivity index (χ1n) is 12.8. The topological polar surface area (TPSA) is 43.7 Å². The van der Waals surface area contributed by atoms with Crippen LogP contribution in [0.4, 0.5) is 0 Å². The van der Waals surface area contributed by atoms with Crippen molar-refractivity contribution in [3.8, 4) is 11.1 Å². The average Bonchev–Trinajstić information content (AvgIpc) is 2.94. The van der Waals surface area contributed by atoms with Crippen LogP contribution in [0.15, 0.2) is 109 Å². The van der Waals surface area contributed by atoms with Crippen LogP contribution < -0.4 is 0 Å². The molecule has 3 heteroatoms. The molecule has 3 nitrogen and oxygen atoms in total. The third-order valence-corrected chi connectivity index (χ3v) is 6.65. The lowest BCUT2D eigenvalue weighted by atomic mass is 9.85. The molecular formula is C33H39NO2. The molecule has 4 aromatic carbocycles. The number of aliphatic hydroxyl groups is 2. The van der Waals surface area contributed by atoms with Crippen molar-refractivity contribution in [3.63, 3.8) is 0 Å². The van der Waals surface area contributed by atoms with Crippen LogP contribution in [-0.4, -0.2) is 41.9 Å². The van der Waals surface area contributed by atoms with Crippen molar-refractivity contribution < 1.29 is 10.2 Å². The standard InChI is InChI=1S/C32H35NO.CH4O/c1-26-12-8-10-18-31(26)32-19-11-9-17-30(32)24-29(28-15-6-3-7-16-28)20-21-33(22-23-34)25-27-13-4-2-5-14-27;1-2/h2-19,29,34H,20-25H2,1H3;2H,1H3/t29-;/m0./s1. The summed E-state index contributed by atoms with van der Waals surface area (Å²) in [5, 5.41) is 16.7. The Morgan fingerprint density at radius 3 is 1.92 bits per heavy atom. The van der Waals surface area contributed by atoms with Crippen LogP contribution in [0.5, 0.6) is 0 Å². The summed E-state index contributed by atoms with van der Waals surface area (Å²) in [4.78, 5) is 2.37. The predicted molar refractivity (Wildman–Crippen MR) is 151 cm³/mol. The largest absolute Gasteiger partial charge is 0.400 e. The molecule has 36 heavy (non-hydrogen) atoms. The number of hydrogen-bond donors (Lipinski definition) is 2. The number of benzene rings is 4. The molecule has 0 aliphatic heterocycles. The number of nitrogens with zero attached hydrogens (tertiary/aromatic N) is 1. The first-order chi connectivity index (χ1) is 17.7. The summed E-state index contributed by atoms with van der Waals surface area (Å²) in [5.74, 6) is 0.406. The van der Waals surface area contributed by atoms with Crippen molar-refractivity contribution in [1.29, 1.82) is 0 Å². The highest BCUT2D eigenvalue weighted by molar-refractivity contribution is 5.70. The highest BCUT2D eigenvalue weighted by Crippen LogP contribution is 2.32. The van der Waals surface area contributed by atoms with E-state index in [0.29, 0.717) is 12.5 Å². The molecule has 4 rings (SSSR count). The van der Waals surface area contributed by atoms with Gasteiger partial charge < -0.3 is 10.2 Å². The fourth-order valence-corrected chi connectivity index (χ4v) is 4.80. The number of rotatable bonds is 11. The van der Waals surface area contributed by atoms with E-state index in [0.717, 1.165) is 33.0 Å². The molecule has 0 aromatic heterocycles. The van der Waals surface area contributed by atoms with Gasteiger partial charge in [-0.1, -0.05) is 109 Å². The second kappa shape index (κ2) is 15.0. The zero-order valence-electron chi connectivity index (χ0n) is 21.6. The van der Waals surface area contributed by atoms with Crippen molar-refractivity contribution in [2.75, 3.05) is 26.8 Å². The quantitative estimate of drug-likeness (QED) is 0.258. The summed E-state index contributed by atoms with van der Waals surface area (Å²) in [6.07, 6.45) is 2.03. The molecule has 188 valence electrons. The molecule has 0 unspecified atom stereocenters. The maximum absolute atomic E-state index is 9.68. The molecule has 1 atom stereocenters. The Morgan fingerprint density at radius 2 is 1.25 bits per heavy atom. The highest BCUT2D eigenvalue weighted by Gasteiger charge is 2.17. The molecule has 4 aromatic rings. The SMILES string of the molecule is CO.Cc1ccccc1-c1ccccc1C[C@H](CCN(CCO)Cc1ccccc1)c1ccccc1. The summed E-state index contributed by atoms with van der Waals surface area (Å²) in [5.41, 5.74) is 8.02. The van der Waals surface area contributed by atoms with Crippen LogP contribution in [0.2, 0.25) is 0 Å². The first-order valence-corrected chi connectivity index (χ1v) is 12.8. The third kappa shape index (κ3) is 7.89. The van der Waals surface area contributed by atoms with Gasteiger partial charge in [0.05, 0.1) is 6.61 Å². The van der Waals surface area contributed by atoms with Crippen LogP contribution in [-0.2, 0) is 13.0 Å². The Hall–Kier alpha value is -3.24. The molecule has 0 saturated heterocycles. The van der Waals surface area contributed by atoms with E-state index in [1.54, 1.807) is 0 Å². The zero-order valence-corrected chi connectivity index (χ0v) is 21.6. The number of aliphatic hydroxyl groups excluding tert-OH is 2. The van der Waals surface area contributed by atoms with Gasteiger partial charge in [0.25, 0.3) is 0 Å². The van der Waals surface area contributed by atoms with Crippen LogP contribution in [0, 0.1) is 6.92 Å². The van der Waals surface area contributed by atoms with Crippen molar-refractivity contribution >= 4 is 0 Å². The zero-order chi connectivity index (χ0) is 25.6. The van der Waals surface area contributed by atoms with Crippen LogP contribution in [0.3, 0.4) is 0 Å². The van der Waals surface area contributed by atoms with Gasteiger partial charge in [-0.15, -0.1) is 0 Å². The monoisotopic (exact) mass is 481 g/mol. The van der Waals surface area contributed by atoms with E-state index in [1.165, 1.54) is 33.4 Å². The lowest BCUT2D eigenvalue weighted by Gasteiger charge is -2.26. The van der Waals surface area contributed by atoms with Gasteiger partial charge in [-0.05, 0) is 65.6 Å². The average molecular weight is 482 g/mol. The van der Waals surface area contributed by atoms with Crippen molar-refractivity contribution in [1.82, 2.24) is 4.90 Å². The number of hydrogen-bond acceptors (Lipinski definition) is 3. The summed E-state index contributed by atoms with van der Waals surface area (Å²) in [6, 6.07) is 39.0. The normalized spacial score (nSPS) is 11.6. The molecule has 0 saturated carbocycles. The summed E-state index contributed by atoms with van der Waals surface area (Å²) < 4.78 is 0. The van der Waals surface area contributed by atoms with Gasteiger partial charge in [0.1, 0.15) is 0 Å². The summed E-state index contributed by atoms with van der Waals surface area (Å²) in [6.45, 7) is 4.87. The van der Waals surface area contributed by atoms with Gasteiger partial charge in [0, 0.05) is 20.2 Å². The molecule has 2 N–H and O–H groups in total. The third-order valence-electron chi connectivity index (χ3n) is 6.65. The van der Waals surface area contributed by atoms with Gasteiger partial charge in [0.15, 0.2) is 0 Å². The lowest BCUT2D eigenvalue weighted by molar-refractivity contribution is 0.185. The minimum absolute atomic E-state index is 0.180. The minimum Gasteiger partial charge on any atom is -0.400 e. The maximum atomic E-state index is 9.68. The highest BCUT2D eigenvalue weighted by atomic mass is 16.3. The van der Waals surface area contributed by atoms with Gasteiger partial charge >= 0.3 is 0 Å². The molecule has 0 bridgehead atoms. The Bertz CT molecular complexity index is 1140. The van der Waals surface area contributed by atoms with E-state index >= 15 is 0 Å². The van der Waals surface area contributed by atoms with Crippen molar-refractivity contribution in [3.05, 3.63) is 131 Å². The van der Waals surface area contributed by atoms with Gasteiger partial charge in [-0.2, -0.15) is 0 Å². The van der Waals surface area contributed by atoms with Crippen LogP contribution in [0.25, 0.3) is 11.1 Å². The Balaban J connectivity index is 0.00000176. The van der Waals surface area contributed by atoms with E-state index in [4.69, 9.17) is 5.11 Å². The fourth-order valence-electron chi connectivity index (χ4n) is 4.80. The lowest BCUT2D eigenvalue weighted by Crippen LogP contribution is -2.29. The molecule has 0 amide bonds. The Morgan fingerprint density at radius 1 is 0.667 bits per heavy atom. The summed E-state index contributed by atoms with van der Waals surface area (Å²) >= 11 is 0. The van der Waals surface area contributed by atoms with Gasteiger partial charge in [-0.3, -0.25) is 4.90 Å². The summed E-state index contributed by atoms with van der Waals surface area (Å²) in [7, 11) is 1.00. The van der Waals surface area contributed by atoms with Crippen LogP contribution >= 0.6 is 0 Å². The van der Waals surface area contributed by atoms with E-state index in [1.807, 2.05) is 0 Å². The molecular weight excluding hydrogens is 442 g/mol. The van der Waals surface area contributed by atoms with Crippen molar-refractivity contribution in [2.45, 2.75) is 32.2 Å². The second-order valence-corrected chi connectivity index (χ2v) is 9.06. The van der Waals surface area contributed by atoms with E-state index < -0.39 is 0 Å². The van der Waals surface area contributed by atoms with E-state index in [9.17, 15) is 5.11 Å². The second-order valence-electron chi connectivity index (χ2n) is 9.06. The Labute approximate surface area is 216 Å². The van der Waals surface area contributed by atoms with E-state index in [2.05, 4.69) is 121 Å². The van der Waals surface area contributed by atoms with Gasteiger partial charge in [-0.25, -0.2) is 0 Å². The van der Waals surface area contributed by atoms with Crippen molar-refractivity contribution in [2.24, 2.45) is 0 Å². The molecule has 0 aliphatic rings. The fraction of sp³-hybridized carbons (Fsp3) is 0.273. The smallest absolute Gasteiger partial charge is 0.0558 e. The maximum Gasteiger partial charge on any atom is 0.0558 e. The Kier molecular flexibility index (Phi) is 11.4. The molecule has 0 radical (unpaired) electrons. The molecule has 0 aliphatic carbocycles. The molecule has 0 heterocycles. The van der Waals surface area contributed by atoms with E-state index in [-0.39, 0.29) is 6.61 Å². The molecule has 0 fully saturated rings. The van der Waals surface area contributed by atoms with Crippen LogP contribution in [0.1, 0.15) is 34.6 Å². The predicted octanol–water partition coefficient (Wildman–Crippen LogP) is 6.48. The number of aryl methyl sites for hydroxylation is 1. The first kappa shape index (κ1) is 27.3. The minimum atomic E-state index is 0.180. The van der Waals surface area contributed by atoms with Gasteiger partial charge in [0.2, 0.25) is 0 Å².